The van der Waals surface area contributed by atoms with Crippen LogP contribution in [0.3, 0.4) is 0 Å². The number of ether oxygens (including phenoxy) is 1. The van der Waals surface area contributed by atoms with Gasteiger partial charge in [0.05, 0.1) is 6.10 Å². The maximum absolute atomic E-state index is 11.8. The molecule has 1 heterocycles. The molecule has 1 fully saturated rings. The lowest BCUT2D eigenvalue weighted by atomic mass is 10.1. The van der Waals surface area contributed by atoms with Gasteiger partial charge in [0, 0.05) is 19.1 Å². The van der Waals surface area contributed by atoms with Crippen LogP contribution in [0.1, 0.15) is 26.2 Å². The highest BCUT2D eigenvalue weighted by Gasteiger charge is 2.27. The van der Waals surface area contributed by atoms with E-state index in [1.54, 1.807) is 0 Å². The number of hydrogen-bond donors (Lipinski definition) is 1. The van der Waals surface area contributed by atoms with Crippen molar-refractivity contribution in [3.8, 4) is 0 Å². The standard InChI is InChI=1S/C9H16F3NO/c1-7-8(3-6-14-7)13-5-2-4-9(10,11)12/h7-8,13H,2-6H2,1H3. The summed E-state index contributed by atoms with van der Waals surface area (Å²) >= 11 is 0. The monoisotopic (exact) mass is 211 g/mol. The van der Waals surface area contributed by atoms with Gasteiger partial charge in [0.15, 0.2) is 0 Å². The summed E-state index contributed by atoms with van der Waals surface area (Å²) in [6.07, 6.45) is -3.57. The Morgan fingerprint density at radius 2 is 2.14 bits per heavy atom. The lowest BCUT2D eigenvalue weighted by molar-refractivity contribution is -0.135. The van der Waals surface area contributed by atoms with Gasteiger partial charge in [0.1, 0.15) is 0 Å². The molecule has 14 heavy (non-hydrogen) atoms. The van der Waals surface area contributed by atoms with E-state index >= 15 is 0 Å². The Balaban J connectivity index is 2.04. The summed E-state index contributed by atoms with van der Waals surface area (Å²) in [5, 5.41) is 3.08. The molecule has 0 aliphatic carbocycles. The number of hydrogen-bond acceptors (Lipinski definition) is 2. The van der Waals surface area contributed by atoms with Crippen molar-refractivity contribution in [2.75, 3.05) is 13.2 Å². The third-order valence-electron chi connectivity index (χ3n) is 2.42. The van der Waals surface area contributed by atoms with Crippen LogP contribution >= 0.6 is 0 Å². The second-order valence-electron chi connectivity index (χ2n) is 3.64. The molecule has 0 radical (unpaired) electrons. The van der Waals surface area contributed by atoms with Crippen LogP contribution in [0.4, 0.5) is 13.2 Å². The Labute approximate surface area is 81.8 Å². The zero-order valence-electron chi connectivity index (χ0n) is 8.23. The average molecular weight is 211 g/mol. The molecular formula is C9H16F3NO. The van der Waals surface area contributed by atoms with Crippen molar-refractivity contribution < 1.29 is 17.9 Å². The van der Waals surface area contributed by atoms with Gasteiger partial charge in [0.25, 0.3) is 0 Å². The smallest absolute Gasteiger partial charge is 0.377 e. The fourth-order valence-electron chi connectivity index (χ4n) is 1.58. The molecule has 84 valence electrons. The fraction of sp³-hybridized carbons (Fsp3) is 1.00. The van der Waals surface area contributed by atoms with Crippen molar-refractivity contribution in [3.63, 3.8) is 0 Å². The number of nitrogens with one attached hydrogen (secondary N) is 1. The van der Waals surface area contributed by atoms with E-state index in [-0.39, 0.29) is 18.6 Å². The predicted octanol–water partition coefficient (Wildman–Crippen LogP) is 2.10. The van der Waals surface area contributed by atoms with Crippen LogP contribution in [-0.2, 0) is 4.74 Å². The highest BCUT2D eigenvalue weighted by molar-refractivity contribution is 4.78. The largest absolute Gasteiger partial charge is 0.389 e. The molecule has 1 saturated heterocycles. The lowest BCUT2D eigenvalue weighted by Gasteiger charge is -2.16. The van der Waals surface area contributed by atoms with Crippen LogP contribution in [0.5, 0.6) is 0 Å². The van der Waals surface area contributed by atoms with Crippen molar-refractivity contribution in [3.05, 3.63) is 0 Å². The number of alkyl halides is 3. The van der Waals surface area contributed by atoms with Crippen LogP contribution in [-0.4, -0.2) is 31.5 Å². The summed E-state index contributed by atoms with van der Waals surface area (Å²) in [4.78, 5) is 0. The van der Waals surface area contributed by atoms with Gasteiger partial charge < -0.3 is 10.1 Å². The summed E-state index contributed by atoms with van der Waals surface area (Å²) in [5.74, 6) is 0. The van der Waals surface area contributed by atoms with Crippen LogP contribution in [0.15, 0.2) is 0 Å². The van der Waals surface area contributed by atoms with Crippen molar-refractivity contribution in [1.29, 1.82) is 0 Å². The van der Waals surface area contributed by atoms with E-state index in [0.717, 1.165) is 6.42 Å². The molecule has 1 aliphatic heterocycles. The molecule has 0 aromatic rings. The highest BCUT2D eigenvalue weighted by Crippen LogP contribution is 2.21. The van der Waals surface area contributed by atoms with Crippen LogP contribution in [0.25, 0.3) is 0 Å². The van der Waals surface area contributed by atoms with Gasteiger partial charge in [-0.3, -0.25) is 0 Å². The van der Waals surface area contributed by atoms with E-state index in [2.05, 4.69) is 5.32 Å². The van der Waals surface area contributed by atoms with Gasteiger partial charge in [-0.05, 0) is 26.3 Å². The van der Waals surface area contributed by atoms with Crippen LogP contribution in [0, 0.1) is 0 Å². The summed E-state index contributed by atoms with van der Waals surface area (Å²) < 4.78 is 40.6. The summed E-state index contributed by atoms with van der Waals surface area (Å²) in [6, 6.07) is 0.225. The normalized spacial score (nSPS) is 28.3. The average Bonchev–Trinajstić information content (AvgIpc) is 2.44. The van der Waals surface area contributed by atoms with Crippen molar-refractivity contribution in [2.24, 2.45) is 0 Å². The maximum Gasteiger partial charge on any atom is 0.389 e. The molecule has 0 aromatic carbocycles. The number of rotatable bonds is 4. The van der Waals surface area contributed by atoms with Crippen molar-refractivity contribution >= 4 is 0 Å². The third kappa shape index (κ3) is 4.28. The Hall–Kier alpha value is -0.290. The zero-order chi connectivity index (χ0) is 10.6. The minimum Gasteiger partial charge on any atom is -0.377 e. The summed E-state index contributed by atoms with van der Waals surface area (Å²) in [7, 11) is 0. The van der Waals surface area contributed by atoms with Gasteiger partial charge in [0.2, 0.25) is 0 Å². The predicted molar refractivity (Wildman–Crippen MR) is 47.1 cm³/mol. The van der Waals surface area contributed by atoms with E-state index < -0.39 is 12.6 Å². The quantitative estimate of drug-likeness (QED) is 0.719. The molecule has 0 spiro atoms. The Bertz CT molecular complexity index is 172. The number of halogens is 3. The Morgan fingerprint density at radius 3 is 2.64 bits per heavy atom. The van der Waals surface area contributed by atoms with E-state index in [0.29, 0.717) is 13.2 Å². The first-order chi connectivity index (χ1) is 6.49. The topological polar surface area (TPSA) is 21.3 Å². The van der Waals surface area contributed by atoms with Crippen LogP contribution < -0.4 is 5.32 Å². The molecule has 0 bridgehead atoms. The second-order valence-corrected chi connectivity index (χ2v) is 3.64. The first-order valence-electron chi connectivity index (χ1n) is 4.91. The SMILES string of the molecule is CC1OCCC1NCCCC(F)(F)F. The van der Waals surface area contributed by atoms with Gasteiger partial charge in [-0.15, -0.1) is 0 Å². The zero-order valence-corrected chi connectivity index (χ0v) is 8.23. The van der Waals surface area contributed by atoms with Gasteiger partial charge in [-0.25, -0.2) is 0 Å². The van der Waals surface area contributed by atoms with E-state index in [9.17, 15) is 13.2 Å². The first kappa shape index (κ1) is 11.8. The molecule has 5 heteroatoms. The molecule has 0 saturated carbocycles. The lowest BCUT2D eigenvalue weighted by Crippen LogP contribution is -2.35. The fourth-order valence-corrected chi connectivity index (χ4v) is 1.58. The van der Waals surface area contributed by atoms with Gasteiger partial charge in [-0.1, -0.05) is 0 Å². The van der Waals surface area contributed by atoms with Crippen molar-refractivity contribution in [2.45, 2.75) is 44.5 Å². The van der Waals surface area contributed by atoms with Crippen molar-refractivity contribution in [1.82, 2.24) is 5.32 Å². The Morgan fingerprint density at radius 1 is 1.43 bits per heavy atom. The minimum atomic E-state index is -4.03. The molecular weight excluding hydrogens is 195 g/mol. The van der Waals surface area contributed by atoms with Crippen LogP contribution in [0.2, 0.25) is 0 Å². The first-order valence-corrected chi connectivity index (χ1v) is 4.91. The molecule has 0 amide bonds. The maximum atomic E-state index is 11.8. The van der Waals surface area contributed by atoms with Gasteiger partial charge >= 0.3 is 6.18 Å². The minimum absolute atomic E-state index is 0.126. The molecule has 0 aromatic heterocycles. The molecule has 1 rings (SSSR count). The molecule has 1 aliphatic rings. The molecule has 2 nitrogen and oxygen atoms in total. The van der Waals surface area contributed by atoms with E-state index in [4.69, 9.17) is 4.74 Å². The van der Waals surface area contributed by atoms with Gasteiger partial charge in [-0.2, -0.15) is 13.2 Å². The molecule has 1 N–H and O–H groups in total. The molecule has 2 unspecified atom stereocenters. The van der Waals surface area contributed by atoms with E-state index in [1.165, 1.54) is 0 Å². The Kier molecular flexibility index (Phi) is 4.19. The molecule has 2 atom stereocenters. The second kappa shape index (κ2) is 4.98. The summed E-state index contributed by atoms with van der Waals surface area (Å²) in [5.41, 5.74) is 0. The third-order valence-corrected chi connectivity index (χ3v) is 2.42. The highest BCUT2D eigenvalue weighted by atomic mass is 19.4. The summed E-state index contributed by atoms with van der Waals surface area (Å²) in [6.45, 7) is 3.06. The van der Waals surface area contributed by atoms with E-state index in [1.807, 2.05) is 6.92 Å².